The Hall–Kier alpha value is -2.39. The summed E-state index contributed by atoms with van der Waals surface area (Å²) in [4.78, 5) is 26.5. The van der Waals surface area contributed by atoms with Crippen LogP contribution in [-0.4, -0.2) is 29.7 Å². The molecule has 3 rings (SSSR count). The molecule has 6 heteroatoms. The van der Waals surface area contributed by atoms with E-state index in [1.54, 1.807) is 24.3 Å². The van der Waals surface area contributed by atoms with Gasteiger partial charge >= 0.3 is 0 Å². The minimum Gasteiger partial charge on any atom is -0.357 e. The molecule has 23 heavy (non-hydrogen) atoms. The second-order valence-electron chi connectivity index (χ2n) is 5.41. The van der Waals surface area contributed by atoms with E-state index in [-0.39, 0.29) is 16.9 Å². The first-order chi connectivity index (χ1) is 11.1. The largest absolute Gasteiger partial charge is 0.357 e. The SMILES string of the molecule is N#CC1=C(N2CCCC2)NC(=O)/C1=C/C(=O)c1ccc(Br)cc1. The normalized spacial score (nSPS) is 19.2. The average Bonchev–Trinajstić information content (AvgIpc) is 3.16. The Balaban J connectivity index is 1.94. The van der Waals surface area contributed by atoms with Gasteiger partial charge in [0.1, 0.15) is 17.5 Å². The minimum atomic E-state index is -0.395. The van der Waals surface area contributed by atoms with Crippen LogP contribution >= 0.6 is 15.9 Å². The molecule has 1 saturated heterocycles. The Morgan fingerprint density at radius 1 is 1.26 bits per heavy atom. The first-order valence-corrected chi connectivity index (χ1v) is 8.12. The van der Waals surface area contributed by atoms with Gasteiger partial charge in [-0.15, -0.1) is 0 Å². The summed E-state index contributed by atoms with van der Waals surface area (Å²) in [5.41, 5.74) is 0.866. The fraction of sp³-hybridized carbons (Fsp3) is 0.235. The second-order valence-corrected chi connectivity index (χ2v) is 6.33. The molecular formula is C17H14BrN3O2. The van der Waals surface area contributed by atoms with Gasteiger partial charge in [-0.25, -0.2) is 0 Å². The highest BCUT2D eigenvalue weighted by Crippen LogP contribution is 2.26. The van der Waals surface area contributed by atoms with Gasteiger partial charge in [-0.3, -0.25) is 9.59 Å². The lowest BCUT2D eigenvalue weighted by molar-refractivity contribution is -0.116. The van der Waals surface area contributed by atoms with Gasteiger partial charge in [-0.2, -0.15) is 5.26 Å². The third-order valence-electron chi connectivity index (χ3n) is 3.92. The quantitative estimate of drug-likeness (QED) is 0.654. The molecule has 0 aromatic heterocycles. The molecule has 0 unspecified atom stereocenters. The summed E-state index contributed by atoms with van der Waals surface area (Å²) in [6, 6.07) is 8.93. The number of halogens is 1. The number of nitrogens with one attached hydrogen (secondary N) is 1. The van der Waals surface area contributed by atoms with Crippen molar-refractivity contribution in [2.75, 3.05) is 13.1 Å². The molecule has 0 spiro atoms. The van der Waals surface area contributed by atoms with Crippen LogP contribution in [0.3, 0.4) is 0 Å². The molecule has 0 atom stereocenters. The standard InChI is InChI=1S/C17H14BrN3O2/c18-12-5-3-11(4-6-12)15(22)9-13-14(10-19)16(20-17(13)23)21-7-1-2-8-21/h3-6,9H,1-2,7-8H2,(H,20,23)/b13-9+. The maximum Gasteiger partial charge on any atom is 0.258 e. The molecule has 1 aromatic rings. The van der Waals surface area contributed by atoms with E-state index in [1.165, 1.54) is 6.08 Å². The Kier molecular flexibility index (Phi) is 4.30. The highest BCUT2D eigenvalue weighted by molar-refractivity contribution is 9.10. The van der Waals surface area contributed by atoms with E-state index in [2.05, 4.69) is 27.3 Å². The zero-order valence-corrected chi connectivity index (χ0v) is 13.9. The summed E-state index contributed by atoms with van der Waals surface area (Å²) in [6.45, 7) is 1.63. The van der Waals surface area contributed by atoms with Crippen LogP contribution in [0.1, 0.15) is 23.2 Å². The predicted molar refractivity (Wildman–Crippen MR) is 88.1 cm³/mol. The zero-order valence-electron chi connectivity index (χ0n) is 12.3. The number of carbonyl (C=O) groups excluding carboxylic acids is 2. The van der Waals surface area contributed by atoms with Crippen molar-refractivity contribution in [2.45, 2.75) is 12.8 Å². The van der Waals surface area contributed by atoms with Gasteiger partial charge in [0, 0.05) is 29.2 Å². The number of benzene rings is 1. The van der Waals surface area contributed by atoms with Gasteiger partial charge < -0.3 is 10.2 Å². The van der Waals surface area contributed by atoms with Crippen LogP contribution in [0.4, 0.5) is 0 Å². The number of carbonyl (C=O) groups is 2. The van der Waals surface area contributed by atoms with Crippen molar-refractivity contribution in [2.24, 2.45) is 0 Å². The molecular weight excluding hydrogens is 358 g/mol. The lowest BCUT2D eigenvalue weighted by Gasteiger charge is -2.18. The van der Waals surface area contributed by atoms with Crippen LogP contribution in [0.2, 0.25) is 0 Å². The van der Waals surface area contributed by atoms with Crippen molar-refractivity contribution in [1.82, 2.24) is 10.2 Å². The average molecular weight is 372 g/mol. The van der Waals surface area contributed by atoms with Gasteiger partial charge in [-0.1, -0.05) is 15.9 Å². The van der Waals surface area contributed by atoms with Crippen LogP contribution in [0.25, 0.3) is 0 Å². The van der Waals surface area contributed by atoms with Crippen molar-refractivity contribution in [3.05, 3.63) is 57.3 Å². The number of rotatable bonds is 3. The van der Waals surface area contributed by atoms with Crippen LogP contribution in [0, 0.1) is 11.3 Å². The summed E-state index contributed by atoms with van der Waals surface area (Å²) < 4.78 is 0.870. The molecule has 0 radical (unpaired) electrons. The van der Waals surface area contributed by atoms with Crippen molar-refractivity contribution in [3.8, 4) is 6.07 Å². The Morgan fingerprint density at radius 2 is 1.91 bits per heavy atom. The number of hydrogen-bond acceptors (Lipinski definition) is 4. The fourth-order valence-electron chi connectivity index (χ4n) is 2.74. The van der Waals surface area contributed by atoms with Gasteiger partial charge in [0.15, 0.2) is 5.78 Å². The van der Waals surface area contributed by atoms with Gasteiger partial charge in [-0.05, 0) is 37.1 Å². The van der Waals surface area contributed by atoms with Crippen LogP contribution < -0.4 is 5.32 Å². The van der Waals surface area contributed by atoms with Gasteiger partial charge in [0.05, 0.1) is 5.57 Å². The van der Waals surface area contributed by atoms with Crippen molar-refractivity contribution < 1.29 is 9.59 Å². The second kappa shape index (κ2) is 6.39. The molecule has 0 saturated carbocycles. The van der Waals surface area contributed by atoms with Gasteiger partial charge in [0.25, 0.3) is 5.91 Å². The van der Waals surface area contributed by atoms with E-state index in [4.69, 9.17) is 0 Å². The number of amides is 1. The molecule has 2 aliphatic heterocycles. The van der Waals surface area contributed by atoms with Crippen molar-refractivity contribution in [1.29, 1.82) is 5.26 Å². The molecule has 1 aromatic carbocycles. The Morgan fingerprint density at radius 3 is 2.52 bits per heavy atom. The monoisotopic (exact) mass is 371 g/mol. The third kappa shape index (κ3) is 3.06. The maximum absolute atomic E-state index is 12.3. The number of allylic oxidation sites excluding steroid dienone is 1. The molecule has 0 bridgehead atoms. The summed E-state index contributed by atoms with van der Waals surface area (Å²) >= 11 is 3.31. The first kappa shape index (κ1) is 15.5. The molecule has 5 nitrogen and oxygen atoms in total. The first-order valence-electron chi connectivity index (χ1n) is 7.33. The summed E-state index contributed by atoms with van der Waals surface area (Å²) in [5, 5.41) is 12.1. The Labute approximate surface area is 142 Å². The van der Waals surface area contributed by atoms with Crippen molar-refractivity contribution in [3.63, 3.8) is 0 Å². The molecule has 116 valence electrons. The predicted octanol–water partition coefficient (Wildman–Crippen LogP) is 2.52. The number of ketones is 1. The maximum atomic E-state index is 12.3. The van der Waals surface area contributed by atoms with Crippen molar-refractivity contribution >= 4 is 27.6 Å². The van der Waals surface area contributed by atoms with E-state index in [0.29, 0.717) is 11.4 Å². The van der Waals surface area contributed by atoms with E-state index in [0.717, 1.165) is 30.4 Å². The summed E-state index contributed by atoms with van der Waals surface area (Å²) in [5.74, 6) is -0.156. The molecule has 1 amide bonds. The third-order valence-corrected chi connectivity index (χ3v) is 4.45. The summed E-state index contributed by atoms with van der Waals surface area (Å²) in [6.07, 6.45) is 3.32. The lowest BCUT2D eigenvalue weighted by atomic mass is 10.0. The smallest absolute Gasteiger partial charge is 0.258 e. The van der Waals surface area contributed by atoms with E-state index >= 15 is 0 Å². The highest BCUT2D eigenvalue weighted by Gasteiger charge is 2.32. The minimum absolute atomic E-state index is 0.141. The van der Waals surface area contributed by atoms with Crippen LogP contribution in [0.15, 0.2) is 51.8 Å². The highest BCUT2D eigenvalue weighted by atomic mass is 79.9. The molecule has 0 aliphatic carbocycles. The molecule has 2 heterocycles. The van der Waals surface area contributed by atoms with Gasteiger partial charge in [0.2, 0.25) is 0 Å². The van der Waals surface area contributed by atoms with Crippen LogP contribution in [0.5, 0.6) is 0 Å². The Bertz CT molecular complexity index is 766. The number of nitriles is 1. The van der Waals surface area contributed by atoms with E-state index < -0.39 is 5.91 Å². The topological polar surface area (TPSA) is 73.2 Å². The molecule has 1 N–H and O–H groups in total. The fourth-order valence-corrected chi connectivity index (χ4v) is 3.00. The zero-order chi connectivity index (χ0) is 16.4. The summed E-state index contributed by atoms with van der Waals surface area (Å²) in [7, 11) is 0. The number of nitrogens with zero attached hydrogens (tertiary/aromatic N) is 2. The van der Waals surface area contributed by atoms with E-state index in [1.807, 2.05) is 4.90 Å². The molecule has 1 fully saturated rings. The van der Waals surface area contributed by atoms with E-state index in [9.17, 15) is 14.9 Å². The molecule has 2 aliphatic rings. The number of hydrogen-bond donors (Lipinski definition) is 1. The van der Waals surface area contributed by atoms with Crippen LogP contribution in [-0.2, 0) is 4.79 Å². The number of likely N-dealkylation sites (tertiary alicyclic amines) is 1. The lowest BCUT2D eigenvalue weighted by Crippen LogP contribution is -2.29.